The Morgan fingerprint density at radius 1 is 1.21 bits per heavy atom. The molecular weight excluding hydrogens is 302 g/mol. The molecule has 124 valence electrons. The van der Waals surface area contributed by atoms with E-state index in [0.717, 1.165) is 35.7 Å². The van der Waals surface area contributed by atoms with Crippen LogP contribution >= 0.6 is 0 Å². The Balaban J connectivity index is 1.86. The molecule has 0 saturated heterocycles. The number of hydrogen-bond acceptors (Lipinski definition) is 4. The van der Waals surface area contributed by atoms with Gasteiger partial charge in [0.2, 0.25) is 0 Å². The van der Waals surface area contributed by atoms with Crippen LogP contribution in [-0.4, -0.2) is 38.3 Å². The van der Waals surface area contributed by atoms with E-state index in [1.165, 1.54) is 6.42 Å². The van der Waals surface area contributed by atoms with E-state index in [1.54, 1.807) is 11.8 Å². The Labute approximate surface area is 141 Å². The summed E-state index contributed by atoms with van der Waals surface area (Å²) in [6.07, 6.45) is 7.14. The predicted molar refractivity (Wildman–Crippen MR) is 91.0 cm³/mol. The van der Waals surface area contributed by atoms with E-state index in [-0.39, 0.29) is 5.41 Å². The van der Waals surface area contributed by atoms with Gasteiger partial charge in [-0.2, -0.15) is 5.10 Å². The van der Waals surface area contributed by atoms with Crippen molar-refractivity contribution < 1.29 is 4.74 Å². The third-order valence-corrected chi connectivity index (χ3v) is 4.78. The molecule has 0 aliphatic heterocycles. The van der Waals surface area contributed by atoms with Gasteiger partial charge < -0.3 is 4.74 Å². The van der Waals surface area contributed by atoms with Gasteiger partial charge in [-0.3, -0.25) is 4.68 Å². The number of aryl methyl sites for hydroxylation is 1. The first-order valence-electron chi connectivity index (χ1n) is 8.23. The predicted octanol–water partition coefficient (Wildman–Crippen LogP) is 2.74. The number of nitrogens with zero attached hydrogens (tertiary/aromatic N) is 5. The summed E-state index contributed by atoms with van der Waals surface area (Å²) in [7, 11) is 3.66. The standard InChI is InChI=1S/C18H21N5O/c1-22-12-15(11-19-22)23-17(18(13-24-2)9-6-10-18)20-16(21-23)14-7-4-3-5-8-14/h3-5,7-8,11-12H,6,9-10,13H2,1-2H3. The number of methoxy groups -OCH3 is 1. The first-order chi connectivity index (χ1) is 11.7. The van der Waals surface area contributed by atoms with Gasteiger partial charge in [0.25, 0.3) is 0 Å². The van der Waals surface area contributed by atoms with E-state index < -0.39 is 0 Å². The molecule has 0 atom stereocenters. The van der Waals surface area contributed by atoms with Gasteiger partial charge in [0.05, 0.1) is 24.4 Å². The third kappa shape index (κ3) is 2.43. The maximum absolute atomic E-state index is 5.51. The van der Waals surface area contributed by atoms with E-state index >= 15 is 0 Å². The van der Waals surface area contributed by atoms with Crippen LogP contribution in [0.5, 0.6) is 0 Å². The maximum atomic E-state index is 5.51. The fraction of sp³-hybridized carbons (Fsp3) is 0.389. The second-order valence-corrected chi connectivity index (χ2v) is 6.48. The van der Waals surface area contributed by atoms with Gasteiger partial charge in [-0.25, -0.2) is 9.67 Å². The molecule has 2 aromatic heterocycles. The van der Waals surface area contributed by atoms with Crippen LogP contribution in [0, 0.1) is 0 Å². The summed E-state index contributed by atoms with van der Waals surface area (Å²) < 4.78 is 9.24. The van der Waals surface area contributed by atoms with Gasteiger partial charge in [-0.15, -0.1) is 5.10 Å². The summed E-state index contributed by atoms with van der Waals surface area (Å²) in [6, 6.07) is 10.1. The second kappa shape index (κ2) is 5.87. The van der Waals surface area contributed by atoms with E-state index in [0.29, 0.717) is 6.61 Å². The Morgan fingerprint density at radius 2 is 2.00 bits per heavy atom. The lowest BCUT2D eigenvalue weighted by atomic mass is 9.68. The van der Waals surface area contributed by atoms with Crippen LogP contribution in [0.25, 0.3) is 17.1 Å². The van der Waals surface area contributed by atoms with Crippen molar-refractivity contribution in [3.05, 3.63) is 48.5 Å². The number of benzene rings is 1. The molecule has 24 heavy (non-hydrogen) atoms. The molecule has 4 rings (SSSR count). The third-order valence-electron chi connectivity index (χ3n) is 4.78. The van der Waals surface area contributed by atoms with E-state index in [4.69, 9.17) is 14.8 Å². The van der Waals surface area contributed by atoms with E-state index in [1.807, 2.05) is 54.5 Å². The van der Waals surface area contributed by atoms with Gasteiger partial charge >= 0.3 is 0 Å². The highest BCUT2D eigenvalue weighted by Crippen LogP contribution is 2.44. The Bertz CT molecular complexity index is 832. The molecule has 1 aliphatic rings. The summed E-state index contributed by atoms with van der Waals surface area (Å²) in [5.74, 6) is 1.72. The fourth-order valence-corrected chi connectivity index (χ4v) is 3.37. The van der Waals surface area contributed by atoms with Crippen molar-refractivity contribution in [2.24, 2.45) is 7.05 Å². The van der Waals surface area contributed by atoms with Crippen molar-refractivity contribution in [1.82, 2.24) is 24.5 Å². The van der Waals surface area contributed by atoms with Crippen LogP contribution in [0.3, 0.4) is 0 Å². The van der Waals surface area contributed by atoms with Crippen LogP contribution < -0.4 is 0 Å². The molecule has 0 amide bonds. The molecule has 6 nitrogen and oxygen atoms in total. The second-order valence-electron chi connectivity index (χ2n) is 6.48. The van der Waals surface area contributed by atoms with E-state index in [9.17, 15) is 0 Å². The van der Waals surface area contributed by atoms with Crippen molar-refractivity contribution in [3.8, 4) is 17.1 Å². The lowest BCUT2D eigenvalue weighted by molar-refractivity contribution is 0.0717. The Hall–Kier alpha value is -2.47. The smallest absolute Gasteiger partial charge is 0.181 e. The molecule has 3 aromatic rings. The van der Waals surface area contributed by atoms with Crippen LogP contribution in [-0.2, 0) is 17.2 Å². The largest absolute Gasteiger partial charge is 0.384 e. The Morgan fingerprint density at radius 3 is 2.58 bits per heavy atom. The summed E-state index contributed by atoms with van der Waals surface area (Å²) >= 11 is 0. The number of ether oxygens (including phenoxy) is 1. The number of rotatable bonds is 5. The molecular formula is C18H21N5O. The molecule has 1 aromatic carbocycles. The zero-order chi connectivity index (χ0) is 16.6. The van der Waals surface area contributed by atoms with Crippen LogP contribution in [0.15, 0.2) is 42.7 Å². The summed E-state index contributed by atoms with van der Waals surface area (Å²) in [6.45, 7) is 0.667. The molecule has 0 unspecified atom stereocenters. The minimum Gasteiger partial charge on any atom is -0.384 e. The Kier molecular flexibility index (Phi) is 3.69. The molecule has 0 bridgehead atoms. The van der Waals surface area contributed by atoms with Crippen LogP contribution in [0.4, 0.5) is 0 Å². The van der Waals surface area contributed by atoms with Crippen molar-refractivity contribution in [2.75, 3.05) is 13.7 Å². The molecule has 0 radical (unpaired) electrons. The van der Waals surface area contributed by atoms with E-state index in [2.05, 4.69) is 5.10 Å². The molecule has 6 heteroatoms. The van der Waals surface area contributed by atoms with Crippen LogP contribution in [0.2, 0.25) is 0 Å². The lowest BCUT2D eigenvalue weighted by Crippen LogP contribution is -2.41. The molecule has 1 fully saturated rings. The number of aromatic nitrogens is 5. The summed E-state index contributed by atoms with van der Waals surface area (Å²) in [4.78, 5) is 4.91. The summed E-state index contributed by atoms with van der Waals surface area (Å²) in [5.41, 5.74) is 1.91. The molecule has 1 saturated carbocycles. The van der Waals surface area contributed by atoms with Crippen molar-refractivity contribution >= 4 is 0 Å². The van der Waals surface area contributed by atoms with Crippen molar-refractivity contribution in [1.29, 1.82) is 0 Å². The molecule has 2 heterocycles. The summed E-state index contributed by atoms with van der Waals surface area (Å²) in [5, 5.41) is 9.08. The molecule has 0 N–H and O–H groups in total. The molecule has 1 aliphatic carbocycles. The highest BCUT2D eigenvalue weighted by Gasteiger charge is 2.43. The fourth-order valence-electron chi connectivity index (χ4n) is 3.37. The number of hydrogen-bond donors (Lipinski definition) is 0. The van der Waals surface area contributed by atoms with Crippen LogP contribution in [0.1, 0.15) is 25.1 Å². The minimum absolute atomic E-state index is 0.0510. The first-order valence-corrected chi connectivity index (χ1v) is 8.23. The minimum atomic E-state index is -0.0510. The monoisotopic (exact) mass is 323 g/mol. The van der Waals surface area contributed by atoms with Crippen molar-refractivity contribution in [3.63, 3.8) is 0 Å². The first kappa shape index (κ1) is 15.1. The van der Waals surface area contributed by atoms with Crippen molar-refractivity contribution in [2.45, 2.75) is 24.7 Å². The zero-order valence-electron chi connectivity index (χ0n) is 14.0. The topological polar surface area (TPSA) is 57.8 Å². The average Bonchev–Trinajstić information content (AvgIpc) is 3.18. The maximum Gasteiger partial charge on any atom is 0.181 e. The quantitative estimate of drug-likeness (QED) is 0.724. The van der Waals surface area contributed by atoms with Gasteiger partial charge in [0.15, 0.2) is 5.82 Å². The zero-order valence-corrected chi connectivity index (χ0v) is 14.0. The SMILES string of the molecule is COCC1(c2nc(-c3ccccc3)nn2-c2cnn(C)c2)CCC1. The molecule has 0 spiro atoms. The highest BCUT2D eigenvalue weighted by atomic mass is 16.5. The normalized spacial score (nSPS) is 16.1. The highest BCUT2D eigenvalue weighted by molar-refractivity contribution is 5.55. The average molecular weight is 323 g/mol. The van der Waals surface area contributed by atoms with Gasteiger partial charge in [0.1, 0.15) is 11.5 Å². The van der Waals surface area contributed by atoms with Gasteiger partial charge in [-0.1, -0.05) is 36.8 Å². The lowest BCUT2D eigenvalue weighted by Gasteiger charge is -2.40. The van der Waals surface area contributed by atoms with Gasteiger partial charge in [-0.05, 0) is 12.8 Å². The van der Waals surface area contributed by atoms with Gasteiger partial charge in [0, 0.05) is 19.7 Å².